The summed E-state index contributed by atoms with van der Waals surface area (Å²) in [4.78, 5) is 17.2. The number of anilines is 1. The van der Waals surface area contributed by atoms with E-state index in [1.165, 1.54) is 17.0 Å². The molecule has 8 heteroatoms. The monoisotopic (exact) mass is 410 g/mol. The zero-order valence-electron chi connectivity index (χ0n) is 16.7. The molecule has 0 atom stereocenters. The standard InChI is InChI=1S/C22H20F2N4O2/c1-12-6-4-7-13(2)20(12)26-18(29)11-28-22-19(14(3)27-28)15(21(23)24)10-16(25-22)17-8-5-9-30-17/h4-10,21H,11H2,1-3H3,(H,26,29). The third-order valence-electron chi connectivity index (χ3n) is 4.96. The molecule has 1 aromatic carbocycles. The van der Waals surface area contributed by atoms with Gasteiger partial charge >= 0.3 is 0 Å². The number of hydrogen-bond donors (Lipinski definition) is 1. The molecule has 30 heavy (non-hydrogen) atoms. The summed E-state index contributed by atoms with van der Waals surface area (Å²) in [6.45, 7) is 5.28. The Bertz CT molecular complexity index is 1210. The van der Waals surface area contributed by atoms with Gasteiger partial charge in [0, 0.05) is 11.3 Å². The number of carbonyl (C=O) groups excluding carboxylic acids is 1. The number of nitrogens with one attached hydrogen (secondary N) is 1. The van der Waals surface area contributed by atoms with Crippen molar-refractivity contribution in [3.05, 3.63) is 65.0 Å². The molecule has 0 bridgehead atoms. The van der Waals surface area contributed by atoms with Crippen LogP contribution >= 0.6 is 0 Å². The number of halogens is 2. The van der Waals surface area contributed by atoms with Gasteiger partial charge in [0.2, 0.25) is 5.91 Å². The van der Waals surface area contributed by atoms with Crippen molar-refractivity contribution in [1.29, 1.82) is 0 Å². The molecule has 4 aromatic rings. The molecule has 3 heterocycles. The average molecular weight is 410 g/mol. The number of alkyl halides is 2. The fourth-order valence-electron chi connectivity index (χ4n) is 3.55. The van der Waals surface area contributed by atoms with Gasteiger partial charge in [0.1, 0.15) is 12.2 Å². The van der Waals surface area contributed by atoms with Crippen LogP contribution in [0.4, 0.5) is 14.5 Å². The summed E-state index contributed by atoms with van der Waals surface area (Å²) in [6.07, 6.45) is -1.27. The molecule has 3 aromatic heterocycles. The lowest BCUT2D eigenvalue weighted by atomic mass is 10.1. The quantitative estimate of drug-likeness (QED) is 0.491. The molecule has 1 N–H and O–H groups in total. The number of hydrogen-bond acceptors (Lipinski definition) is 4. The smallest absolute Gasteiger partial charge is 0.264 e. The van der Waals surface area contributed by atoms with E-state index in [1.54, 1.807) is 19.1 Å². The van der Waals surface area contributed by atoms with Gasteiger partial charge < -0.3 is 9.73 Å². The van der Waals surface area contributed by atoms with Gasteiger partial charge in [0.05, 0.1) is 17.3 Å². The second-order valence-corrected chi connectivity index (χ2v) is 7.13. The Morgan fingerprint density at radius 3 is 2.53 bits per heavy atom. The van der Waals surface area contributed by atoms with Crippen LogP contribution in [0.3, 0.4) is 0 Å². The molecule has 0 saturated heterocycles. The number of para-hydroxylation sites is 1. The van der Waals surface area contributed by atoms with E-state index in [-0.39, 0.29) is 34.7 Å². The van der Waals surface area contributed by atoms with E-state index in [4.69, 9.17) is 4.42 Å². The van der Waals surface area contributed by atoms with E-state index in [1.807, 2.05) is 32.0 Å². The summed E-state index contributed by atoms with van der Waals surface area (Å²) in [5, 5.41) is 7.45. The van der Waals surface area contributed by atoms with Crippen LogP contribution in [0.1, 0.15) is 28.8 Å². The Hall–Kier alpha value is -3.55. The topological polar surface area (TPSA) is 73.0 Å². The van der Waals surface area contributed by atoms with Crippen molar-refractivity contribution in [2.75, 3.05) is 5.32 Å². The summed E-state index contributed by atoms with van der Waals surface area (Å²) in [6, 6.07) is 10.3. The summed E-state index contributed by atoms with van der Waals surface area (Å²) in [5.74, 6) is 0.0461. The van der Waals surface area contributed by atoms with E-state index >= 15 is 0 Å². The number of fused-ring (bicyclic) bond motifs is 1. The fraction of sp³-hybridized carbons (Fsp3) is 0.227. The minimum atomic E-state index is -2.72. The van der Waals surface area contributed by atoms with Crippen LogP contribution in [0.5, 0.6) is 0 Å². The van der Waals surface area contributed by atoms with Crippen molar-refractivity contribution >= 4 is 22.6 Å². The van der Waals surface area contributed by atoms with Gasteiger partial charge in [-0.2, -0.15) is 5.10 Å². The summed E-state index contributed by atoms with van der Waals surface area (Å²) in [5.41, 5.74) is 3.27. The number of amides is 1. The largest absolute Gasteiger partial charge is 0.463 e. The lowest BCUT2D eigenvalue weighted by Gasteiger charge is -2.12. The van der Waals surface area contributed by atoms with Crippen LogP contribution in [0.15, 0.2) is 47.1 Å². The van der Waals surface area contributed by atoms with Crippen molar-refractivity contribution in [2.24, 2.45) is 0 Å². The summed E-state index contributed by atoms with van der Waals surface area (Å²) < 4.78 is 34.2. The molecule has 0 unspecified atom stereocenters. The first-order valence-corrected chi connectivity index (χ1v) is 9.41. The summed E-state index contributed by atoms with van der Waals surface area (Å²) >= 11 is 0. The number of benzene rings is 1. The summed E-state index contributed by atoms with van der Waals surface area (Å²) in [7, 11) is 0. The lowest BCUT2D eigenvalue weighted by molar-refractivity contribution is -0.116. The number of aryl methyl sites for hydroxylation is 3. The Morgan fingerprint density at radius 1 is 1.17 bits per heavy atom. The van der Waals surface area contributed by atoms with E-state index in [2.05, 4.69) is 15.4 Å². The lowest BCUT2D eigenvalue weighted by Crippen LogP contribution is -2.21. The van der Waals surface area contributed by atoms with Crippen LogP contribution in [0.2, 0.25) is 0 Å². The SMILES string of the molecule is Cc1cccc(C)c1NC(=O)Cn1nc(C)c2c(C(F)F)cc(-c3ccco3)nc21. The average Bonchev–Trinajstić information content (AvgIpc) is 3.33. The first-order chi connectivity index (χ1) is 14.3. The maximum absolute atomic E-state index is 13.8. The van der Waals surface area contributed by atoms with E-state index in [0.29, 0.717) is 11.5 Å². The first kappa shape index (κ1) is 19.8. The molecule has 0 aliphatic heterocycles. The normalized spacial score (nSPS) is 11.4. The first-order valence-electron chi connectivity index (χ1n) is 9.41. The minimum absolute atomic E-state index is 0.157. The van der Waals surface area contributed by atoms with Gasteiger partial charge in [-0.05, 0) is 50.1 Å². The second-order valence-electron chi connectivity index (χ2n) is 7.13. The molecule has 0 saturated carbocycles. The molecule has 0 spiro atoms. The molecule has 154 valence electrons. The molecular weight excluding hydrogens is 390 g/mol. The highest BCUT2D eigenvalue weighted by Gasteiger charge is 2.22. The van der Waals surface area contributed by atoms with Crippen LogP contribution in [0, 0.1) is 20.8 Å². The van der Waals surface area contributed by atoms with Gasteiger partial charge in [-0.15, -0.1) is 0 Å². The molecule has 1 amide bonds. The van der Waals surface area contributed by atoms with Crippen LogP contribution in [-0.4, -0.2) is 20.7 Å². The van der Waals surface area contributed by atoms with E-state index in [0.717, 1.165) is 16.8 Å². The van der Waals surface area contributed by atoms with Crippen molar-refractivity contribution in [1.82, 2.24) is 14.8 Å². The molecule has 0 radical (unpaired) electrons. The van der Waals surface area contributed by atoms with E-state index in [9.17, 15) is 13.6 Å². The molecule has 0 aliphatic carbocycles. The highest BCUT2D eigenvalue weighted by Crippen LogP contribution is 2.33. The van der Waals surface area contributed by atoms with Crippen LogP contribution < -0.4 is 5.32 Å². The van der Waals surface area contributed by atoms with Gasteiger partial charge in [0.25, 0.3) is 6.43 Å². The molecular formula is C22H20F2N4O2. The fourth-order valence-corrected chi connectivity index (χ4v) is 3.55. The highest BCUT2D eigenvalue weighted by molar-refractivity contribution is 5.93. The number of carbonyl (C=O) groups is 1. The van der Waals surface area contributed by atoms with Gasteiger partial charge in [-0.1, -0.05) is 18.2 Å². The van der Waals surface area contributed by atoms with E-state index < -0.39 is 6.43 Å². The molecule has 4 rings (SSSR count). The maximum atomic E-state index is 13.8. The number of pyridine rings is 1. The predicted molar refractivity (Wildman–Crippen MR) is 109 cm³/mol. The number of nitrogens with zero attached hydrogens (tertiary/aromatic N) is 3. The van der Waals surface area contributed by atoms with Gasteiger partial charge in [0.15, 0.2) is 11.4 Å². The Balaban J connectivity index is 1.75. The van der Waals surface area contributed by atoms with Crippen molar-refractivity contribution in [2.45, 2.75) is 33.7 Å². The molecule has 0 fully saturated rings. The predicted octanol–water partition coefficient (Wildman–Crippen LogP) is 5.19. The van der Waals surface area contributed by atoms with Gasteiger partial charge in [-0.25, -0.2) is 18.4 Å². The number of rotatable bonds is 5. The minimum Gasteiger partial charge on any atom is -0.463 e. The zero-order valence-corrected chi connectivity index (χ0v) is 16.7. The Kier molecular flexibility index (Phi) is 5.07. The van der Waals surface area contributed by atoms with Gasteiger partial charge in [-0.3, -0.25) is 4.79 Å². The third-order valence-corrected chi connectivity index (χ3v) is 4.96. The van der Waals surface area contributed by atoms with Crippen molar-refractivity contribution < 1.29 is 18.0 Å². The van der Waals surface area contributed by atoms with Crippen molar-refractivity contribution in [3.8, 4) is 11.5 Å². The van der Waals surface area contributed by atoms with Crippen LogP contribution in [0.25, 0.3) is 22.5 Å². The third kappa shape index (κ3) is 3.56. The second kappa shape index (κ2) is 7.70. The molecule has 0 aliphatic rings. The maximum Gasteiger partial charge on any atom is 0.264 e. The highest BCUT2D eigenvalue weighted by atomic mass is 19.3. The van der Waals surface area contributed by atoms with Crippen LogP contribution in [-0.2, 0) is 11.3 Å². The Labute approximate surface area is 171 Å². The Morgan fingerprint density at radius 2 is 1.90 bits per heavy atom. The molecule has 6 nitrogen and oxygen atoms in total. The number of aromatic nitrogens is 3. The van der Waals surface area contributed by atoms with Crippen molar-refractivity contribution in [3.63, 3.8) is 0 Å². The zero-order chi connectivity index (χ0) is 21.4. The number of furan rings is 1.